The molecule has 0 bridgehead atoms. The van der Waals surface area contributed by atoms with Crippen LogP contribution in [0.5, 0.6) is 0 Å². The van der Waals surface area contributed by atoms with Gasteiger partial charge < -0.3 is 10.2 Å². The molecule has 0 radical (unpaired) electrons. The maximum absolute atomic E-state index is 3.22. The Morgan fingerprint density at radius 2 is 1.46 bits per heavy atom. The van der Waals surface area contributed by atoms with Crippen LogP contribution in [0.1, 0.15) is 80.6 Å². The zero-order valence-electron chi connectivity index (χ0n) is 20.7. The van der Waals surface area contributed by atoms with Crippen molar-refractivity contribution in [2.24, 2.45) is 10.8 Å². The topological polar surface area (TPSA) is 18.5 Å². The van der Waals surface area contributed by atoms with Gasteiger partial charge in [0, 0.05) is 19.6 Å². The molecule has 0 unspecified atom stereocenters. The minimum atomic E-state index is 0.611. The molecule has 3 fully saturated rings. The van der Waals surface area contributed by atoms with Gasteiger partial charge in [0.2, 0.25) is 0 Å². The van der Waals surface area contributed by atoms with Crippen molar-refractivity contribution in [2.75, 3.05) is 66.2 Å². The second kappa shape index (κ2) is 11.9. The summed E-state index contributed by atoms with van der Waals surface area (Å²) in [7, 11) is 2.03. The predicted octanol–water partition coefficient (Wildman–Crippen LogP) is 4.62. The van der Waals surface area contributed by atoms with E-state index in [2.05, 4.69) is 49.7 Å². The molecule has 0 aromatic carbocycles. The Hall–Kier alpha value is -0.160. The fourth-order valence-corrected chi connectivity index (χ4v) is 4.45. The van der Waals surface area contributed by atoms with Crippen molar-refractivity contribution in [2.45, 2.75) is 80.6 Å². The van der Waals surface area contributed by atoms with E-state index in [0.717, 1.165) is 12.0 Å². The minimum absolute atomic E-state index is 0.611. The fourth-order valence-electron chi connectivity index (χ4n) is 4.45. The molecule has 168 valence electrons. The first kappa shape index (κ1) is 25.9. The van der Waals surface area contributed by atoms with Crippen LogP contribution in [0.15, 0.2) is 0 Å². The van der Waals surface area contributed by atoms with Crippen molar-refractivity contribution in [3.05, 3.63) is 0 Å². The minimum Gasteiger partial charge on any atom is -0.315 e. The van der Waals surface area contributed by atoms with E-state index < -0.39 is 0 Å². The summed E-state index contributed by atoms with van der Waals surface area (Å²) in [4.78, 5) is 5.21. The molecule has 2 heterocycles. The highest BCUT2D eigenvalue weighted by atomic mass is 15.6. The van der Waals surface area contributed by atoms with Crippen LogP contribution in [0.2, 0.25) is 0 Å². The van der Waals surface area contributed by atoms with Crippen LogP contribution in [0.4, 0.5) is 0 Å². The summed E-state index contributed by atoms with van der Waals surface area (Å²) in [6.07, 6.45) is 7.17. The normalized spacial score (nSPS) is 24.9. The highest BCUT2D eigenvalue weighted by Crippen LogP contribution is 2.49. The first-order chi connectivity index (χ1) is 13.3. The van der Waals surface area contributed by atoms with Gasteiger partial charge in [-0.2, -0.15) is 0 Å². The van der Waals surface area contributed by atoms with E-state index in [1.165, 1.54) is 89.2 Å². The molecule has 1 aliphatic carbocycles. The molecule has 3 rings (SSSR count). The highest BCUT2D eigenvalue weighted by molar-refractivity contribution is 4.95. The van der Waals surface area contributed by atoms with E-state index in [0.29, 0.717) is 5.41 Å². The lowest BCUT2D eigenvalue weighted by atomic mass is 9.82. The SMILES string of the molecule is CC.CCC1(CN2CCC(C)(C)CC2)CC1.CCN1C[N+](CC)(CCNC)C1. The zero-order chi connectivity index (χ0) is 21.3. The molecule has 2 saturated heterocycles. The Labute approximate surface area is 177 Å². The van der Waals surface area contributed by atoms with Gasteiger partial charge in [0.1, 0.15) is 13.3 Å². The molecule has 28 heavy (non-hydrogen) atoms. The van der Waals surface area contributed by atoms with E-state index in [1.807, 2.05) is 20.9 Å². The number of rotatable bonds is 8. The van der Waals surface area contributed by atoms with Crippen molar-refractivity contribution in [1.29, 1.82) is 0 Å². The molecule has 0 aromatic rings. The van der Waals surface area contributed by atoms with Gasteiger partial charge in [-0.15, -0.1) is 0 Å². The van der Waals surface area contributed by atoms with Gasteiger partial charge in [0.15, 0.2) is 0 Å². The third-order valence-corrected chi connectivity index (χ3v) is 7.43. The molecule has 0 aromatic heterocycles. The monoisotopic (exact) mass is 397 g/mol. The Morgan fingerprint density at radius 1 is 0.893 bits per heavy atom. The van der Waals surface area contributed by atoms with Gasteiger partial charge in [-0.3, -0.25) is 4.48 Å². The van der Waals surface area contributed by atoms with E-state index in [-0.39, 0.29) is 0 Å². The summed E-state index contributed by atoms with van der Waals surface area (Å²) in [5.74, 6) is 0. The maximum Gasteiger partial charge on any atom is 0.140 e. The second-order valence-electron chi connectivity index (χ2n) is 10.0. The number of quaternary nitrogens is 1. The molecule has 1 saturated carbocycles. The smallest absolute Gasteiger partial charge is 0.140 e. The quantitative estimate of drug-likeness (QED) is 0.603. The lowest BCUT2D eigenvalue weighted by Crippen LogP contribution is -2.70. The average molecular weight is 398 g/mol. The summed E-state index contributed by atoms with van der Waals surface area (Å²) < 4.78 is 1.29. The lowest BCUT2D eigenvalue weighted by Gasteiger charge is -2.51. The maximum atomic E-state index is 3.22. The van der Waals surface area contributed by atoms with Gasteiger partial charge in [-0.05, 0) is 70.0 Å². The molecule has 4 heteroatoms. The van der Waals surface area contributed by atoms with Gasteiger partial charge in [-0.1, -0.05) is 41.5 Å². The van der Waals surface area contributed by atoms with Gasteiger partial charge in [0.05, 0.1) is 13.1 Å². The van der Waals surface area contributed by atoms with E-state index in [4.69, 9.17) is 0 Å². The van der Waals surface area contributed by atoms with Crippen LogP contribution < -0.4 is 5.32 Å². The molecule has 0 atom stereocenters. The number of nitrogens with zero attached hydrogens (tertiary/aromatic N) is 3. The predicted molar refractivity (Wildman–Crippen MR) is 124 cm³/mol. The summed E-state index contributed by atoms with van der Waals surface area (Å²) >= 11 is 0. The number of hydrogen-bond acceptors (Lipinski definition) is 3. The molecule has 3 aliphatic rings. The van der Waals surface area contributed by atoms with Crippen LogP contribution in [-0.4, -0.2) is 80.5 Å². The summed E-state index contributed by atoms with van der Waals surface area (Å²) in [6.45, 7) is 27.2. The van der Waals surface area contributed by atoms with E-state index >= 15 is 0 Å². The van der Waals surface area contributed by atoms with Crippen LogP contribution in [0.25, 0.3) is 0 Å². The van der Waals surface area contributed by atoms with Gasteiger partial charge in [-0.25, -0.2) is 4.90 Å². The van der Waals surface area contributed by atoms with Crippen LogP contribution in [0.3, 0.4) is 0 Å². The van der Waals surface area contributed by atoms with Crippen molar-refractivity contribution >= 4 is 0 Å². The molecule has 0 amide bonds. The van der Waals surface area contributed by atoms with Crippen molar-refractivity contribution in [3.63, 3.8) is 0 Å². The summed E-state index contributed by atoms with van der Waals surface area (Å²) in [6, 6.07) is 0. The third-order valence-electron chi connectivity index (χ3n) is 7.43. The molecule has 4 nitrogen and oxygen atoms in total. The number of likely N-dealkylation sites (N-methyl/N-ethyl adjacent to an activating group) is 2. The zero-order valence-corrected chi connectivity index (χ0v) is 20.7. The second-order valence-corrected chi connectivity index (χ2v) is 10.0. The lowest BCUT2D eigenvalue weighted by molar-refractivity contribution is -0.993. The molecular formula is C24H53N4+. The molecule has 2 aliphatic heterocycles. The van der Waals surface area contributed by atoms with Crippen LogP contribution in [-0.2, 0) is 0 Å². The molecular weight excluding hydrogens is 344 g/mol. The van der Waals surface area contributed by atoms with Crippen molar-refractivity contribution in [3.8, 4) is 0 Å². The molecule has 0 spiro atoms. The summed E-state index contributed by atoms with van der Waals surface area (Å²) in [5.41, 5.74) is 1.36. The average Bonchev–Trinajstić information content (AvgIpc) is 3.45. The third kappa shape index (κ3) is 7.93. The first-order valence-corrected chi connectivity index (χ1v) is 12.3. The fraction of sp³-hybridized carbons (Fsp3) is 1.00. The van der Waals surface area contributed by atoms with E-state index in [1.54, 1.807) is 0 Å². The standard InChI is InChI=1S/C13H25N.C9H22N3.C2H6/c1-4-13(5-6-13)11-14-9-7-12(2,3)8-10-14;1-4-11-8-12(5-2,9-11)7-6-10-3;1-2/h4-11H2,1-3H3;10H,4-9H2,1-3H3;1-2H3/q;+1;. The Morgan fingerprint density at radius 3 is 1.86 bits per heavy atom. The largest absolute Gasteiger partial charge is 0.315 e. The number of nitrogens with one attached hydrogen (secondary N) is 1. The van der Waals surface area contributed by atoms with Crippen LogP contribution in [0, 0.1) is 10.8 Å². The highest BCUT2D eigenvalue weighted by Gasteiger charge is 2.42. The number of piperidine rings is 1. The van der Waals surface area contributed by atoms with Gasteiger partial charge >= 0.3 is 0 Å². The van der Waals surface area contributed by atoms with Crippen molar-refractivity contribution < 1.29 is 4.48 Å². The Balaban J connectivity index is 0.000000260. The van der Waals surface area contributed by atoms with Crippen molar-refractivity contribution in [1.82, 2.24) is 15.1 Å². The number of likely N-dealkylation sites (tertiary alicyclic amines) is 1. The van der Waals surface area contributed by atoms with Gasteiger partial charge in [0.25, 0.3) is 0 Å². The molecule has 1 N–H and O–H groups in total. The number of hydrogen-bond donors (Lipinski definition) is 1. The van der Waals surface area contributed by atoms with Crippen LogP contribution >= 0.6 is 0 Å². The Bertz CT molecular complexity index is 395. The Kier molecular flexibility index (Phi) is 11.0. The van der Waals surface area contributed by atoms with E-state index in [9.17, 15) is 0 Å². The first-order valence-electron chi connectivity index (χ1n) is 12.3. The summed E-state index contributed by atoms with van der Waals surface area (Å²) in [5, 5.41) is 3.22.